The highest BCUT2D eigenvalue weighted by Crippen LogP contribution is 2.19. The van der Waals surface area contributed by atoms with Gasteiger partial charge in [-0.25, -0.2) is 0 Å². The van der Waals surface area contributed by atoms with E-state index in [2.05, 4.69) is 5.10 Å². The van der Waals surface area contributed by atoms with E-state index < -0.39 is 0 Å². The van der Waals surface area contributed by atoms with Crippen LogP contribution in [-0.4, -0.2) is 23.0 Å². The normalized spacial score (nSPS) is 24.9. The lowest BCUT2D eigenvalue weighted by atomic mass is 10.2. The van der Waals surface area contributed by atoms with Gasteiger partial charge < -0.3 is 10.5 Å². The fourth-order valence-corrected chi connectivity index (χ4v) is 1.52. The fraction of sp³-hybridized carbons (Fsp3) is 0.667. The van der Waals surface area contributed by atoms with Gasteiger partial charge in [0.2, 0.25) is 0 Å². The van der Waals surface area contributed by atoms with Crippen LogP contribution < -0.4 is 5.73 Å². The summed E-state index contributed by atoms with van der Waals surface area (Å²) in [5.41, 5.74) is 6.83. The molecule has 1 aromatic heterocycles. The van der Waals surface area contributed by atoms with Gasteiger partial charge in [0.05, 0.1) is 18.8 Å². The minimum atomic E-state index is 0.0658. The lowest BCUT2D eigenvalue weighted by Crippen LogP contribution is -2.09. The van der Waals surface area contributed by atoms with Crippen LogP contribution in [0.1, 0.15) is 31.0 Å². The zero-order valence-electron chi connectivity index (χ0n) is 7.81. The smallest absolute Gasteiger partial charge is 0.0774 e. The summed E-state index contributed by atoms with van der Waals surface area (Å²) in [6.45, 7) is 3.59. The van der Waals surface area contributed by atoms with Crippen LogP contribution in [0.3, 0.4) is 0 Å². The average molecular weight is 181 g/mol. The quantitative estimate of drug-likeness (QED) is 0.736. The Kier molecular flexibility index (Phi) is 2.33. The van der Waals surface area contributed by atoms with E-state index in [1.54, 1.807) is 0 Å². The Balaban J connectivity index is 2.12. The zero-order valence-corrected chi connectivity index (χ0v) is 7.81. The summed E-state index contributed by atoms with van der Waals surface area (Å²) < 4.78 is 7.25. The first-order valence-electron chi connectivity index (χ1n) is 4.65. The number of nitrogens with two attached hydrogens (primary N) is 1. The Hall–Kier alpha value is -0.870. The molecule has 13 heavy (non-hydrogen) atoms. The highest BCUT2D eigenvalue weighted by molar-refractivity contribution is 5.08. The van der Waals surface area contributed by atoms with Gasteiger partial charge in [0, 0.05) is 24.4 Å². The van der Waals surface area contributed by atoms with Crippen molar-refractivity contribution in [2.75, 3.05) is 13.2 Å². The third kappa shape index (κ3) is 1.73. The third-order valence-electron chi connectivity index (χ3n) is 2.43. The fourth-order valence-electron chi connectivity index (χ4n) is 1.52. The molecule has 1 aliphatic rings. The minimum absolute atomic E-state index is 0.0658. The largest absolute Gasteiger partial charge is 0.379 e. The molecule has 0 bridgehead atoms. The van der Waals surface area contributed by atoms with Crippen molar-refractivity contribution in [3.05, 3.63) is 18.0 Å². The lowest BCUT2D eigenvalue weighted by Gasteiger charge is -2.07. The molecule has 0 radical (unpaired) electrons. The van der Waals surface area contributed by atoms with E-state index in [1.807, 2.05) is 24.0 Å². The van der Waals surface area contributed by atoms with E-state index in [-0.39, 0.29) is 6.04 Å². The van der Waals surface area contributed by atoms with E-state index in [0.717, 1.165) is 25.2 Å². The van der Waals surface area contributed by atoms with Gasteiger partial charge in [0.1, 0.15) is 0 Å². The van der Waals surface area contributed by atoms with E-state index in [4.69, 9.17) is 10.5 Å². The molecule has 1 saturated heterocycles. The first kappa shape index (κ1) is 8.72. The molecule has 0 amide bonds. The molecule has 1 unspecified atom stereocenters. The minimum Gasteiger partial charge on any atom is -0.379 e. The Morgan fingerprint density at radius 1 is 1.77 bits per heavy atom. The van der Waals surface area contributed by atoms with Gasteiger partial charge in [-0.2, -0.15) is 5.10 Å². The van der Waals surface area contributed by atoms with Gasteiger partial charge >= 0.3 is 0 Å². The number of nitrogens with zero attached hydrogens (tertiary/aromatic N) is 2. The molecule has 0 saturated carbocycles. The Morgan fingerprint density at radius 3 is 3.15 bits per heavy atom. The van der Waals surface area contributed by atoms with E-state index in [1.165, 1.54) is 0 Å². The number of rotatable bonds is 2. The third-order valence-corrected chi connectivity index (χ3v) is 2.43. The zero-order chi connectivity index (χ0) is 9.26. The Labute approximate surface area is 77.7 Å². The molecule has 2 heterocycles. The van der Waals surface area contributed by atoms with Crippen LogP contribution in [0.4, 0.5) is 0 Å². The number of aromatic nitrogens is 2. The van der Waals surface area contributed by atoms with E-state index in [9.17, 15) is 0 Å². The van der Waals surface area contributed by atoms with Crippen LogP contribution in [0.5, 0.6) is 0 Å². The summed E-state index contributed by atoms with van der Waals surface area (Å²) >= 11 is 0. The van der Waals surface area contributed by atoms with Gasteiger partial charge in [-0.15, -0.1) is 0 Å². The number of hydrogen-bond acceptors (Lipinski definition) is 3. The van der Waals surface area contributed by atoms with Crippen molar-refractivity contribution in [2.45, 2.75) is 25.4 Å². The van der Waals surface area contributed by atoms with Crippen LogP contribution in [-0.2, 0) is 4.74 Å². The first-order valence-corrected chi connectivity index (χ1v) is 4.65. The maximum atomic E-state index is 5.74. The molecule has 4 heteroatoms. The Bertz CT molecular complexity index is 276. The first-order chi connectivity index (χ1) is 6.27. The van der Waals surface area contributed by atoms with E-state index >= 15 is 0 Å². The van der Waals surface area contributed by atoms with Crippen LogP contribution in [0.15, 0.2) is 12.4 Å². The second-order valence-electron chi connectivity index (χ2n) is 3.56. The van der Waals surface area contributed by atoms with Crippen LogP contribution in [0.25, 0.3) is 0 Å². The van der Waals surface area contributed by atoms with Crippen LogP contribution in [0, 0.1) is 0 Å². The SMILES string of the molecule is C[C@@H](N)c1cnn(C2CCOC2)c1. The number of hydrogen-bond donors (Lipinski definition) is 1. The maximum absolute atomic E-state index is 5.74. The molecule has 72 valence electrons. The topological polar surface area (TPSA) is 53.1 Å². The summed E-state index contributed by atoms with van der Waals surface area (Å²) in [5, 5.41) is 4.28. The summed E-state index contributed by atoms with van der Waals surface area (Å²) in [6.07, 6.45) is 4.91. The molecule has 1 aromatic rings. The standard InChI is InChI=1S/C9H15N3O/c1-7(10)8-4-11-12(5-8)9-2-3-13-6-9/h4-5,7,9H,2-3,6,10H2,1H3/t7-,9?/m1/s1. The maximum Gasteiger partial charge on any atom is 0.0774 e. The molecule has 1 fully saturated rings. The Morgan fingerprint density at radius 2 is 2.62 bits per heavy atom. The predicted octanol–water partition coefficient (Wildman–Crippen LogP) is 0.864. The molecule has 2 N–H and O–H groups in total. The lowest BCUT2D eigenvalue weighted by molar-refractivity contribution is 0.184. The predicted molar refractivity (Wildman–Crippen MR) is 49.3 cm³/mol. The van der Waals surface area contributed by atoms with Crippen molar-refractivity contribution in [3.8, 4) is 0 Å². The molecule has 2 atom stereocenters. The summed E-state index contributed by atoms with van der Waals surface area (Å²) in [5.74, 6) is 0. The van der Waals surface area contributed by atoms with Crippen LogP contribution >= 0.6 is 0 Å². The summed E-state index contributed by atoms with van der Waals surface area (Å²) in [4.78, 5) is 0. The second kappa shape index (κ2) is 3.47. The molecular weight excluding hydrogens is 166 g/mol. The molecule has 2 rings (SSSR count). The van der Waals surface area contributed by atoms with Crippen molar-refractivity contribution < 1.29 is 4.74 Å². The molecule has 0 aromatic carbocycles. The van der Waals surface area contributed by atoms with Gasteiger partial charge in [0.15, 0.2) is 0 Å². The van der Waals surface area contributed by atoms with Crippen molar-refractivity contribution in [3.63, 3.8) is 0 Å². The van der Waals surface area contributed by atoms with Gasteiger partial charge in [-0.3, -0.25) is 4.68 Å². The molecule has 0 aliphatic carbocycles. The van der Waals surface area contributed by atoms with E-state index in [0.29, 0.717) is 6.04 Å². The second-order valence-corrected chi connectivity index (χ2v) is 3.56. The van der Waals surface area contributed by atoms with Crippen molar-refractivity contribution >= 4 is 0 Å². The monoisotopic (exact) mass is 181 g/mol. The van der Waals surface area contributed by atoms with Gasteiger partial charge in [-0.05, 0) is 13.3 Å². The highest BCUT2D eigenvalue weighted by Gasteiger charge is 2.18. The molecule has 0 spiro atoms. The highest BCUT2D eigenvalue weighted by atomic mass is 16.5. The van der Waals surface area contributed by atoms with Crippen molar-refractivity contribution in [2.24, 2.45) is 5.73 Å². The molecule has 4 nitrogen and oxygen atoms in total. The van der Waals surface area contributed by atoms with Gasteiger partial charge in [0.25, 0.3) is 0 Å². The van der Waals surface area contributed by atoms with Crippen LogP contribution in [0.2, 0.25) is 0 Å². The molecular formula is C9H15N3O. The average Bonchev–Trinajstić information content (AvgIpc) is 2.75. The number of ether oxygens (including phenoxy) is 1. The summed E-state index contributed by atoms with van der Waals surface area (Å²) in [6, 6.07) is 0.476. The summed E-state index contributed by atoms with van der Waals surface area (Å²) in [7, 11) is 0. The van der Waals surface area contributed by atoms with Gasteiger partial charge in [-0.1, -0.05) is 0 Å². The molecule has 1 aliphatic heterocycles. The van der Waals surface area contributed by atoms with Crippen molar-refractivity contribution in [1.82, 2.24) is 9.78 Å². The van der Waals surface area contributed by atoms with Crippen molar-refractivity contribution in [1.29, 1.82) is 0 Å².